The van der Waals surface area contributed by atoms with E-state index in [0.717, 1.165) is 24.6 Å². The van der Waals surface area contributed by atoms with Crippen LogP contribution in [0.2, 0.25) is 0 Å². The maximum absolute atomic E-state index is 9.68. The van der Waals surface area contributed by atoms with Crippen LogP contribution in [-0.4, -0.2) is 42.0 Å². The molecule has 0 aromatic heterocycles. The van der Waals surface area contributed by atoms with Gasteiger partial charge in [0.2, 0.25) is 0 Å². The quantitative estimate of drug-likeness (QED) is 0.243. The molecule has 2 aromatic rings. The lowest BCUT2D eigenvalue weighted by molar-refractivity contribution is 0.203. The summed E-state index contributed by atoms with van der Waals surface area (Å²) in [5, 5.41) is 9.68. The van der Waals surface area contributed by atoms with Crippen molar-refractivity contribution in [1.82, 2.24) is 4.90 Å². The SMILES string of the molecule is C\C=C/C(=C\C)C(/CCCO)=C(/c1ccc(NSC)cc1)c1ccc(C2CCN(C3CC3)CC2)cc1. The molecule has 192 valence electrons. The van der Waals surface area contributed by atoms with Crippen molar-refractivity contribution in [1.29, 1.82) is 0 Å². The minimum Gasteiger partial charge on any atom is -0.396 e. The number of likely N-dealkylation sites (tertiary alicyclic amines) is 1. The summed E-state index contributed by atoms with van der Waals surface area (Å²) < 4.78 is 3.33. The summed E-state index contributed by atoms with van der Waals surface area (Å²) >= 11 is 1.61. The van der Waals surface area contributed by atoms with Crippen LogP contribution in [0.15, 0.2) is 77.9 Å². The highest BCUT2D eigenvalue weighted by atomic mass is 32.2. The van der Waals surface area contributed by atoms with E-state index in [1.165, 1.54) is 72.2 Å². The molecule has 1 aliphatic carbocycles. The average Bonchev–Trinajstić information content (AvgIpc) is 3.77. The molecule has 1 saturated heterocycles. The second-order valence-corrected chi connectivity index (χ2v) is 10.6. The number of piperidine rings is 1. The number of nitrogens with zero attached hydrogens (tertiary/aromatic N) is 1. The molecule has 0 bridgehead atoms. The van der Waals surface area contributed by atoms with Crippen LogP contribution in [0.25, 0.3) is 5.57 Å². The van der Waals surface area contributed by atoms with Crippen LogP contribution in [0.1, 0.15) is 75.0 Å². The summed E-state index contributed by atoms with van der Waals surface area (Å²) in [6, 6.07) is 19.0. The number of aliphatic hydroxyl groups is 1. The number of anilines is 1. The highest BCUT2D eigenvalue weighted by molar-refractivity contribution is 7.99. The number of aliphatic hydroxyl groups excluding tert-OH is 1. The van der Waals surface area contributed by atoms with Crippen LogP contribution in [-0.2, 0) is 0 Å². The van der Waals surface area contributed by atoms with Gasteiger partial charge in [-0.05, 0) is 117 Å². The first kappa shape index (κ1) is 26.8. The minimum atomic E-state index is 0.193. The van der Waals surface area contributed by atoms with Gasteiger partial charge >= 0.3 is 0 Å². The van der Waals surface area contributed by atoms with E-state index in [2.05, 4.69) is 90.2 Å². The smallest absolute Gasteiger partial charge is 0.0440 e. The molecule has 2 aliphatic rings. The third-order valence-corrected chi connectivity index (χ3v) is 7.99. The standard InChI is InChI=1S/C32H42N2OS/c1-4-7-24(5-2)31(8-6-23-35)32(28-13-15-29(16-14-28)33-36-3)27-11-9-25(10-12-27)26-19-21-34(22-20-26)30-17-18-30/h4-5,7,9-16,26,30,33,35H,6,8,17-23H2,1-3H3/b7-4-,24-5+,32-31+. The molecular weight excluding hydrogens is 460 g/mol. The fraction of sp³-hybridized carbons (Fsp3) is 0.438. The lowest BCUT2D eigenvalue weighted by atomic mass is 9.84. The molecule has 2 N–H and O–H groups in total. The van der Waals surface area contributed by atoms with Gasteiger partial charge in [-0.2, -0.15) is 0 Å². The summed E-state index contributed by atoms with van der Waals surface area (Å²) in [4.78, 5) is 2.70. The number of benzene rings is 2. The first-order chi connectivity index (χ1) is 17.7. The third-order valence-electron chi connectivity index (χ3n) is 7.55. The van der Waals surface area contributed by atoms with Crippen LogP contribution < -0.4 is 4.72 Å². The molecule has 3 nitrogen and oxygen atoms in total. The Morgan fingerprint density at radius 3 is 2.14 bits per heavy atom. The van der Waals surface area contributed by atoms with E-state index in [1.807, 2.05) is 6.26 Å². The largest absolute Gasteiger partial charge is 0.396 e. The maximum atomic E-state index is 9.68. The van der Waals surface area contributed by atoms with Crippen molar-refractivity contribution in [3.8, 4) is 0 Å². The van der Waals surface area contributed by atoms with Crippen molar-refractivity contribution < 1.29 is 5.11 Å². The van der Waals surface area contributed by atoms with E-state index in [1.54, 1.807) is 11.9 Å². The van der Waals surface area contributed by atoms with Crippen LogP contribution in [0, 0.1) is 0 Å². The van der Waals surface area contributed by atoms with Crippen molar-refractivity contribution in [2.75, 3.05) is 30.7 Å². The lowest BCUT2D eigenvalue weighted by Crippen LogP contribution is -2.34. The number of allylic oxidation sites excluding steroid dienone is 5. The number of rotatable bonds is 11. The van der Waals surface area contributed by atoms with Gasteiger partial charge < -0.3 is 14.7 Å². The summed E-state index contributed by atoms with van der Waals surface area (Å²) in [5.41, 5.74) is 8.82. The van der Waals surface area contributed by atoms with Gasteiger partial charge in [0, 0.05) is 24.6 Å². The first-order valence-electron chi connectivity index (χ1n) is 13.6. The second-order valence-electron chi connectivity index (χ2n) is 9.97. The summed E-state index contributed by atoms with van der Waals surface area (Å²) in [6.45, 7) is 6.86. The van der Waals surface area contributed by atoms with Gasteiger partial charge in [-0.3, -0.25) is 0 Å². The third kappa shape index (κ3) is 6.73. The molecule has 0 atom stereocenters. The zero-order valence-electron chi connectivity index (χ0n) is 22.2. The van der Waals surface area contributed by atoms with Gasteiger partial charge in [-0.1, -0.05) is 66.6 Å². The van der Waals surface area contributed by atoms with Crippen LogP contribution in [0.3, 0.4) is 0 Å². The second kappa shape index (κ2) is 13.3. The predicted octanol–water partition coefficient (Wildman–Crippen LogP) is 7.82. The number of hydrogen-bond donors (Lipinski definition) is 2. The average molecular weight is 503 g/mol. The van der Waals surface area contributed by atoms with Crippen LogP contribution >= 0.6 is 11.9 Å². The Bertz CT molecular complexity index is 1060. The summed E-state index contributed by atoms with van der Waals surface area (Å²) in [7, 11) is 0. The van der Waals surface area contributed by atoms with Gasteiger partial charge in [0.15, 0.2) is 0 Å². The van der Waals surface area contributed by atoms with E-state index < -0.39 is 0 Å². The highest BCUT2D eigenvalue weighted by Gasteiger charge is 2.32. The monoisotopic (exact) mass is 502 g/mol. The van der Waals surface area contributed by atoms with Gasteiger partial charge in [0.1, 0.15) is 0 Å². The van der Waals surface area contributed by atoms with E-state index >= 15 is 0 Å². The molecule has 2 fully saturated rings. The highest BCUT2D eigenvalue weighted by Crippen LogP contribution is 2.37. The normalized spacial score (nSPS) is 18.5. The molecule has 4 rings (SSSR count). The molecule has 1 aliphatic heterocycles. The molecule has 0 amide bonds. The Labute approximate surface area is 222 Å². The number of hydrogen-bond acceptors (Lipinski definition) is 4. The molecule has 0 spiro atoms. The van der Waals surface area contributed by atoms with Crippen molar-refractivity contribution in [3.63, 3.8) is 0 Å². The fourth-order valence-electron chi connectivity index (χ4n) is 5.52. The molecular formula is C32H42N2OS. The molecule has 1 saturated carbocycles. The first-order valence-corrected chi connectivity index (χ1v) is 14.8. The lowest BCUT2D eigenvalue weighted by Gasteiger charge is -2.32. The number of nitrogens with one attached hydrogen (secondary N) is 1. The topological polar surface area (TPSA) is 35.5 Å². The molecule has 0 radical (unpaired) electrons. The van der Waals surface area contributed by atoms with Gasteiger partial charge in [-0.25, -0.2) is 0 Å². The zero-order chi connectivity index (χ0) is 25.3. The van der Waals surface area contributed by atoms with Gasteiger partial charge in [0.05, 0.1) is 0 Å². The fourth-order valence-corrected chi connectivity index (χ4v) is 5.89. The molecule has 4 heteroatoms. The van der Waals surface area contributed by atoms with Crippen LogP contribution in [0.4, 0.5) is 5.69 Å². The molecule has 0 unspecified atom stereocenters. The summed E-state index contributed by atoms with van der Waals surface area (Å²) in [6.07, 6.45) is 15.5. The molecule has 1 heterocycles. The Balaban J connectivity index is 1.69. The van der Waals surface area contributed by atoms with Crippen molar-refractivity contribution in [3.05, 3.63) is 94.6 Å². The molecule has 36 heavy (non-hydrogen) atoms. The van der Waals surface area contributed by atoms with E-state index in [-0.39, 0.29) is 6.61 Å². The predicted molar refractivity (Wildman–Crippen MR) is 158 cm³/mol. The molecule has 2 aromatic carbocycles. The van der Waals surface area contributed by atoms with Gasteiger partial charge in [0.25, 0.3) is 0 Å². The van der Waals surface area contributed by atoms with Crippen molar-refractivity contribution >= 4 is 23.2 Å². The minimum absolute atomic E-state index is 0.193. The zero-order valence-corrected chi connectivity index (χ0v) is 23.0. The van der Waals surface area contributed by atoms with E-state index in [9.17, 15) is 5.11 Å². The maximum Gasteiger partial charge on any atom is 0.0440 e. The Hall–Kier alpha value is -2.27. The van der Waals surface area contributed by atoms with E-state index in [4.69, 9.17) is 0 Å². The Kier molecular flexibility index (Phi) is 9.91. The Morgan fingerprint density at radius 2 is 1.61 bits per heavy atom. The summed E-state index contributed by atoms with van der Waals surface area (Å²) in [5.74, 6) is 0.668. The van der Waals surface area contributed by atoms with E-state index in [0.29, 0.717) is 5.92 Å². The Morgan fingerprint density at radius 1 is 0.972 bits per heavy atom. The van der Waals surface area contributed by atoms with Gasteiger partial charge in [-0.15, -0.1) is 0 Å². The van der Waals surface area contributed by atoms with Crippen molar-refractivity contribution in [2.45, 2.75) is 64.3 Å². The van der Waals surface area contributed by atoms with Crippen LogP contribution in [0.5, 0.6) is 0 Å². The van der Waals surface area contributed by atoms with Crippen molar-refractivity contribution in [2.24, 2.45) is 0 Å².